The molecule has 22 heavy (non-hydrogen) atoms. The summed E-state index contributed by atoms with van der Waals surface area (Å²) in [7, 11) is 1.45. The lowest BCUT2D eigenvalue weighted by atomic mass is 10.1. The van der Waals surface area contributed by atoms with Crippen molar-refractivity contribution in [3.63, 3.8) is 0 Å². The Morgan fingerprint density at radius 2 is 1.91 bits per heavy atom. The van der Waals surface area contributed by atoms with Crippen molar-refractivity contribution in [1.29, 1.82) is 5.39 Å². The number of hydrogen-bond donors (Lipinski definition) is 0. The quantitative estimate of drug-likeness (QED) is 0.349. The lowest BCUT2D eigenvalue weighted by Crippen LogP contribution is -1.85. The fourth-order valence-corrected chi connectivity index (χ4v) is 1.76. The van der Waals surface area contributed by atoms with Crippen molar-refractivity contribution in [1.82, 2.24) is 0 Å². The Morgan fingerprint density at radius 3 is 2.45 bits per heavy atom. The van der Waals surface area contributed by atoms with Gasteiger partial charge >= 0.3 is 5.69 Å². The van der Waals surface area contributed by atoms with Crippen molar-refractivity contribution >= 4 is 22.7 Å². The van der Waals surface area contributed by atoms with E-state index >= 15 is 0 Å². The number of rotatable bonds is 4. The number of ether oxygens (including phenoxy) is 1. The average molecular weight is 298 g/mol. The summed E-state index contributed by atoms with van der Waals surface area (Å²) in [5.74, 6) is 0.366. The number of nitrogens with zero attached hydrogens (tertiary/aromatic N) is 5. The van der Waals surface area contributed by atoms with Gasteiger partial charge in [-0.2, -0.15) is 10.2 Å². The molecule has 2 rings (SSSR count). The predicted molar refractivity (Wildman–Crippen MR) is 79.7 cm³/mol. The molecule has 0 amide bonds. The number of hydrogen-bond acceptors (Lipinski definition) is 6. The highest BCUT2D eigenvalue weighted by Crippen LogP contribution is 2.35. The molecule has 8 heteroatoms. The minimum atomic E-state index is -0.479. The van der Waals surface area contributed by atoms with Crippen LogP contribution in [0.4, 0.5) is 22.7 Å². The van der Waals surface area contributed by atoms with E-state index in [0.717, 1.165) is 5.56 Å². The smallest absolute Gasteiger partial charge is 0.426 e. The van der Waals surface area contributed by atoms with Gasteiger partial charge in [0, 0.05) is 24.3 Å². The Morgan fingerprint density at radius 1 is 1.23 bits per heavy atom. The highest BCUT2D eigenvalue weighted by atomic mass is 16.6. The van der Waals surface area contributed by atoms with E-state index in [9.17, 15) is 10.1 Å². The predicted octanol–water partition coefficient (Wildman–Crippen LogP) is 4.81. The van der Waals surface area contributed by atoms with E-state index in [4.69, 9.17) is 10.1 Å². The monoisotopic (exact) mass is 298 g/mol. The van der Waals surface area contributed by atoms with Gasteiger partial charge in [0.2, 0.25) is 11.1 Å². The van der Waals surface area contributed by atoms with Gasteiger partial charge in [0.05, 0.1) is 23.4 Å². The van der Waals surface area contributed by atoms with Crippen LogP contribution in [0.1, 0.15) is 5.56 Å². The SMILES string of the molecule is COc1cc(N=Nc2ccc([N+](=O)[O-])cc2)c(C)cc1[N+]#N. The number of aryl methyl sites for hydroxylation is 1. The van der Waals surface area contributed by atoms with Gasteiger partial charge in [-0.25, -0.2) is 0 Å². The van der Waals surface area contributed by atoms with Gasteiger partial charge in [0.1, 0.15) is 0 Å². The second-order valence-electron chi connectivity index (χ2n) is 4.38. The van der Waals surface area contributed by atoms with Crippen molar-refractivity contribution in [2.24, 2.45) is 10.2 Å². The molecule has 0 heterocycles. The molecule has 0 aliphatic heterocycles. The third-order valence-corrected chi connectivity index (χ3v) is 2.94. The summed E-state index contributed by atoms with van der Waals surface area (Å²) in [6, 6.07) is 8.94. The molecule has 0 aromatic heterocycles. The zero-order valence-corrected chi connectivity index (χ0v) is 11.9. The summed E-state index contributed by atoms with van der Waals surface area (Å²) < 4.78 is 5.10. The first-order valence-electron chi connectivity index (χ1n) is 6.25. The van der Waals surface area contributed by atoms with E-state index in [2.05, 4.69) is 15.2 Å². The minimum absolute atomic E-state index is 0.00860. The molecule has 0 fully saturated rings. The number of benzene rings is 2. The van der Waals surface area contributed by atoms with Crippen molar-refractivity contribution in [3.05, 3.63) is 57.1 Å². The van der Waals surface area contributed by atoms with Crippen molar-refractivity contribution in [2.75, 3.05) is 7.11 Å². The van der Waals surface area contributed by atoms with Crippen LogP contribution in [0, 0.1) is 22.4 Å². The van der Waals surface area contributed by atoms with E-state index in [0.29, 0.717) is 22.8 Å². The first kappa shape index (κ1) is 15.1. The lowest BCUT2D eigenvalue weighted by molar-refractivity contribution is -0.384. The molecule has 0 aliphatic rings. The normalized spacial score (nSPS) is 10.4. The molecular weight excluding hydrogens is 286 g/mol. The van der Waals surface area contributed by atoms with Gasteiger partial charge in [0.25, 0.3) is 5.69 Å². The summed E-state index contributed by atoms with van der Waals surface area (Å²) in [4.78, 5) is 13.2. The van der Waals surface area contributed by atoms with E-state index in [1.54, 1.807) is 19.1 Å². The van der Waals surface area contributed by atoms with Crippen LogP contribution in [0.3, 0.4) is 0 Å². The third-order valence-electron chi connectivity index (χ3n) is 2.94. The highest BCUT2D eigenvalue weighted by molar-refractivity contribution is 5.66. The van der Waals surface area contributed by atoms with Gasteiger partial charge < -0.3 is 4.74 Å². The molecular formula is C14H12N5O3+. The van der Waals surface area contributed by atoms with Crippen LogP contribution in [-0.2, 0) is 0 Å². The molecule has 2 aromatic rings. The average Bonchev–Trinajstić information content (AvgIpc) is 2.53. The van der Waals surface area contributed by atoms with Crippen LogP contribution < -0.4 is 4.74 Å². The zero-order chi connectivity index (χ0) is 16.1. The van der Waals surface area contributed by atoms with Gasteiger partial charge in [-0.05, 0) is 24.6 Å². The molecule has 0 radical (unpaired) electrons. The molecule has 0 bridgehead atoms. The van der Waals surface area contributed by atoms with Crippen molar-refractivity contribution < 1.29 is 9.66 Å². The molecule has 110 valence electrons. The summed E-state index contributed by atoms with van der Waals surface area (Å²) in [5.41, 5.74) is 2.07. The molecule has 0 saturated heterocycles. The Bertz CT molecular complexity index is 778. The Kier molecular flexibility index (Phi) is 4.38. The Balaban J connectivity index is 2.30. The van der Waals surface area contributed by atoms with E-state index in [1.807, 2.05) is 0 Å². The second kappa shape index (κ2) is 6.41. The van der Waals surface area contributed by atoms with E-state index in [-0.39, 0.29) is 5.69 Å². The summed E-state index contributed by atoms with van der Waals surface area (Å²) in [6.45, 7) is 1.79. The first-order valence-corrected chi connectivity index (χ1v) is 6.25. The Labute approximate surface area is 125 Å². The number of diazo groups is 1. The highest BCUT2D eigenvalue weighted by Gasteiger charge is 2.17. The third kappa shape index (κ3) is 3.21. The molecule has 2 aromatic carbocycles. The van der Waals surface area contributed by atoms with Crippen LogP contribution in [0.2, 0.25) is 0 Å². The molecule has 0 saturated carbocycles. The summed E-state index contributed by atoms with van der Waals surface area (Å²) >= 11 is 0. The minimum Gasteiger partial charge on any atom is -0.489 e. The number of methoxy groups -OCH3 is 1. The zero-order valence-electron chi connectivity index (χ0n) is 11.9. The Hall–Kier alpha value is -3.34. The fraction of sp³-hybridized carbons (Fsp3) is 0.143. The topological polar surface area (TPSA) is 105 Å². The van der Waals surface area contributed by atoms with Crippen LogP contribution in [-0.4, -0.2) is 12.0 Å². The summed E-state index contributed by atoms with van der Waals surface area (Å²) in [5, 5.41) is 27.6. The van der Waals surface area contributed by atoms with Crippen molar-refractivity contribution in [3.8, 4) is 5.75 Å². The summed E-state index contributed by atoms with van der Waals surface area (Å²) in [6.07, 6.45) is 0. The van der Waals surface area contributed by atoms with Crippen LogP contribution in [0.25, 0.3) is 4.98 Å². The number of nitro benzene ring substituents is 1. The fourth-order valence-electron chi connectivity index (χ4n) is 1.76. The maximum Gasteiger partial charge on any atom is 0.426 e. The largest absolute Gasteiger partial charge is 0.489 e. The molecule has 0 spiro atoms. The standard InChI is InChI=1S/C14H12N5O3/c1-9-7-13(16-15)14(22-2)8-12(9)18-17-10-3-5-11(6-4-10)19(20)21/h3-8H,1-2H3/q+1. The van der Waals surface area contributed by atoms with Gasteiger partial charge in [0.15, 0.2) is 4.98 Å². The maximum absolute atomic E-state index is 10.6. The molecule has 0 unspecified atom stereocenters. The van der Waals surface area contributed by atoms with Gasteiger partial charge in [-0.15, -0.1) is 0 Å². The maximum atomic E-state index is 10.6. The number of nitro groups is 1. The first-order chi connectivity index (χ1) is 10.5. The number of azo groups is 1. The molecule has 0 N–H and O–H groups in total. The molecule has 0 aliphatic carbocycles. The lowest BCUT2D eigenvalue weighted by Gasteiger charge is -2.01. The van der Waals surface area contributed by atoms with Crippen LogP contribution in [0.15, 0.2) is 46.6 Å². The van der Waals surface area contributed by atoms with Gasteiger partial charge in [-0.1, -0.05) is 0 Å². The van der Waals surface area contributed by atoms with Crippen LogP contribution >= 0.6 is 0 Å². The van der Waals surface area contributed by atoms with E-state index in [1.165, 1.54) is 31.4 Å². The van der Waals surface area contributed by atoms with Crippen molar-refractivity contribution in [2.45, 2.75) is 6.92 Å². The molecule has 8 nitrogen and oxygen atoms in total. The van der Waals surface area contributed by atoms with Gasteiger partial charge in [-0.3, -0.25) is 10.1 Å². The second-order valence-corrected chi connectivity index (χ2v) is 4.38. The molecule has 0 atom stereocenters. The number of non-ortho nitro benzene ring substituents is 1. The van der Waals surface area contributed by atoms with Crippen LogP contribution in [0.5, 0.6) is 5.75 Å². The van der Waals surface area contributed by atoms with E-state index < -0.39 is 4.92 Å².